The molecule has 0 radical (unpaired) electrons. The normalized spacial score (nSPS) is 13.0. The summed E-state index contributed by atoms with van der Waals surface area (Å²) >= 11 is 1.31. The van der Waals surface area contributed by atoms with Crippen LogP contribution in [0.3, 0.4) is 0 Å². The summed E-state index contributed by atoms with van der Waals surface area (Å²) in [5, 5.41) is 5.01. The number of nitrogens with two attached hydrogens (primary N) is 2. The molecule has 2 atom stereocenters. The first-order valence-corrected chi connectivity index (χ1v) is 7.27. The number of carbonyl (C=O) groups is 2. The van der Waals surface area contributed by atoms with Gasteiger partial charge in [0.2, 0.25) is 5.91 Å². The van der Waals surface area contributed by atoms with Crippen molar-refractivity contribution < 1.29 is 9.59 Å². The molecule has 0 saturated heterocycles. The van der Waals surface area contributed by atoms with Gasteiger partial charge in [0.1, 0.15) is 5.69 Å². The lowest BCUT2D eigenvalue weighted by Gasteiger charge is -2.13. The number of halogens is 1. The number of carbonyl (C=O) groups excluding carboxylic acids is 2. The Kier molecular flexibility index (Phi) is 6.10. The van der Waals surface area contributed by atoms with Crippen molar-refractivity contribution in [1.82, 2.24) is 9.97 Å². The van der Waals surface area contributed by atoms with Crippen LogP contribution in [-0.2, 0) is 4.79 Å². The van der Waals surface area contributed by atoms with Gasteiger partial charge >= 0.3 is 0 Å². The molecule has 2 amide bonds. The average molecular weight is 344 g/mol. The van der Waals surface area contributed by atoms with Crippen molar-refractivity contribution in [3.63, 3.8) is 0 Å². The maximum absolute atomic E-state index is 11.9. The van der Waals surface area contributed by atoms with Gasteiger partial charge in [-0.25, -0.2) is 4.98 Å². The molecule has 6 N–H and O–H groups in total. The van der Waals surface area contributed by atoms with Gasteiger partial charge in [-0.05, 0) is 13.0 Å². The van der Waals surface area contributed by atoms with Gasteiger partial charge in [0.15, 0.2) is 5.13 Å². The lowest BCUT2D eigenvalue weighted by Crippen LogP contribution is -2.34. The maximum atomic E-state index is 11.9. The lowest BCUT2D eigenvalue weighted by atomic mass is 10.0. The highest BCUT2D eigenvalue weighted by Crippen LogP contribution is 2.25. The molecule has 2 aromatic heterocycles. The van der Waals surface area contributed by atoms with Crippen molar-refractivity contribution in [3.05, 3.63) is 23.3 Å². The first kappa shape index (κ1) is 18.1. The number of aromatic amines is 1. The van der Waals surface area contributed by atoms with Crippen LogP contribution < -0.4 is 16.8 Å². The van der Waals surface area contributed by atoms with Gasteiger partial charge in [-0.15, -0.1) is 23.7 Å². The second-order valence-corrected chi connectivity index (χ2v) is 5.70. The Bertz CT molecular complexity index is 667. The third kappa shape index (κ3) is 4.06. The van der Waals surface area contributed by atoms with Gasteiger partial charge in [-0.2, -0.15) is 0 Å². The quantitative estimate of drug-likeness (QED) is 0.657. The Balaban J connectivity index is 0.00000242. The van der Waals surface area contributed by atoms with Gasteiger partial charge < -0.3 is 21.8 Å². The van der Waals surface area contributed by atoms with Gasteiger partial charge in [-0.3, -0.25) is 9.59 Å². The number of nitrogens with zero attached hydrogens (tertiary/aromatic N) is 1. The molecule has 0 aliphatic rings. The number of hydrogen-bond acceptors (Lipinski definition) is 5. The van der Waals surface area contributed by atoms with E-state index in [1.807, 2.05) is 0 Å². The van der Waals surface area contributed by atoms with Crippen molar-refractivity contribution in [3.8, 4) is 11.3 Å². The average Bonchev–Trinajstić information content (AvgIpc) is 3.05. The summed E-state index contributed by atoms with van der Waals surface area (Å²) in [7, 11) is 0. The number of thiazole rings is 1. The monoisotopic (exact) mass is 343 g/mol. The van der Waals surface area contributed by atoms with E-state index in [1.54, 1.807) is 31.5 Å². The van der Waals surface area contributed by atoms with E-state index in [4.69, 9.17) is 11.5 Å². The summed E-state index contributed by atoms with van der Waals surface area (Å²) in [6, 6.07) is 1.39. The van der Waals surface area contributed by atoms with Gasteiger partial charge in [0.25, 0.3) is 5.91 Å². The van der Waals surface area contributed by atoms with Crippen LogP contribution in [0.15, 0.2) is 17.6 Å². The molecule has 9 heteroatoms. The molecular weight excluding hydrogens is 326 g/mol. The molecule has 120 valence electrons. The molecular formula is C13H18ClN5O2S. The molecule has 2 unspecified atom stereocenters. The number of hydrogen-bond donors (Lipinski definition) is 4. The predicted octanol–water partition coefficient (Wildman–Crippen LogP) is 1.58. The Hall–Kier alpha value is -1.90. The van der Waals surface area contributed by atoms with Crippen molar-refractivity contribution in [2.45, 2.75) is 19.9 Å². The topological polar surface area (TPSA) is 127 Å². The molecule has 2 heterocycles. The molecule has 22 heavy (non-hydrogen) atoms. The molecule has 2 rings (SSSR count). The molecule has 0 fully saturated rings. The van der Waals surface area contributed by atoms with Crippen LogP contribution in [0.4, 0.5) is 5.13 Å². The van der Waals surface area contributed by atoms with Gasteiger partial charge in [0.05, 0.1) is 11.6 Å². The number of aromatic nitrogens is 2. The van der Waals surface area contributed by atoms with Crippen LogP contribution in [0.2, 0.25) is 0 Å². The number of rotatable bonds is 5. The van der Waals surface area contributed by atoms with Crippen molar-refractivity contribution >= 4 is 40.7 Å². The number of nitrogens with one attached hydrogen (secondary N) is 2. The fourth-order valence-corrected chi connectivity index (χ4v) is 2.33. The number of H-pyrrole nitrogens is 1. The van der Waals surface area contributed by atoms with E-state index in [9.17, 15) is 9.59 Å². The van der Waals surface area contributed by atoms with Crippen LogP contribution in [0.25, 0.3) is 11.3 Å². The molecule has 0 aromatic carbocycles. The fourth-order valence-electron chi connectivity index (χ4n) is 1.61. The zero-order chi connectivity index (χ0) is 15.6. The smallest absolute Gasteiger partial charge is 0.265 e. The fraction of sp³-hybridized carbons (Fsp3) is 0.308. The van der Waals surface area contributed by atoms with Crippen molar-refractivity contribution in [1.29, 1.82) is 0 Å². The molecule has 0 spiro atoms. The van der Waals surface area contributed by atoms with Crippen LogP contribution in [0.5, 0.6) is 0 Å². The number of anilines is 1. The largest absolute Gasteiger partial charge is 0.364 e. The van der Waals surface area contributed by atoms with E-state index < -0.39 is 5.91 Å². The third-order valence-electron chi connectivity index (χ3n) is 3.18. The molecule has 7 nitrogen and oxygen atoms in total. The summed E-state index contributed by atoms with van der Waals surface area (Å²) in [6.45, 7) is 3.54. The minimum Gasteiger partial charge on any atom is -0.364 e. The van der Waals surface area contributed by atoms with E-state index in [0.29, 0.717) is 16.5 Å². The van der Waals surface area contributed by atoms with Gasteiger partial charge in [-0.1, -0.05) is 6.92 Å². The first-order chi connectivity index (χ1) is 9.88. The molecule has 0 bridgehead atoms. The Morgan fingerprint density at radius 3 is 2.64 bits per heavy atom. The lowest BCUT2D eigenvalue weighted by molar-refractivity contribution is -0.119. The molecule has 0 saturated carbocycles. The second-order valence-electron chi connectivity index (χ2n) is 4.84. The highest BCUT2D eigenvalue weighted by molar-refractivity contribution is 7.14. The van der Waals surface area contributed by atoms with Crippen molar-refractivity contribution in [2.75, 3.05) is 5.32 Å². The SMILES string of the molecule is CC(N)C(C)C(=O)Nc1nc(-c2c[nH]c(C(N)=O)c2)cs1.Cl. The Morgan fingerprint density at radius 1 is 1.41 bits per heavy atom. The second kappa shape index (κ2) is 7.39. The summed E-state index contributed by atoms with van der Waals surface area (Å²) in [6.07, 6.45) is 1.64. The standard InChI is InChI=1S/C13H17N5O2S.ClH/c1-6(7(2)14)12(20)18-13-17-10(5-21-13)8-3-9(11(15)19)16-4-8;/h3-7,16H,14H2,1-2H3,(H2,15,19)(H,17,18,20);1H. The Labute approximate surface area is 137 Å². The molecule has 0 aliphatic heterocycles. The zero-order valence-corrected chi connectivity index (χ0v) is 13.8. The minimum absolute atomic E-state index is 0. The highest BCUT2D eigenvalue weighted by atomic mass is 35.5. The van der Waals surface area contributed by atoms with Crippen LogP contribution in [0.1, 0.15) is 24.3 Å². The van der Waals surface area contributed by atoms with Gasteiger partial charge in [0, 0.05) is 23.2 Å². The summed E-state index contributed by atoms with van der Waals surface area (Å²) in [5.74, 6) is -1.00. The number of amides is 2. The third-order valence-corrected chi connectivity index (χ3v) is 3.94. The predicted molar refractivity (Wildman–Crippen MR) is 89.1 cm³/mol. The van der Waals surface area contributed by atoms with E-state index in [2.05, 4.69) is 15.3 Å². The van der Waals surface area contributed by atoms with Crippen LogP contribution in [-0.4, -0.2) is 27.8 Å². The van der Waals surface area contributed by atoms with Crippen LogP contribution in [0, 0.1) is 5.92 Å². The summed E-state index contributed by atoms with van der Waals surface area (Å²) < 4.78 is 0. The summed E-state index contributed by atoms with van der Waals surface area (Å²) in [4.78, 5) is 30.0. The van der Waals surface area contributed by atoms with Crippen molar-refractivity contribution in [2.24, 2.45) is 17.4 Å². The zero-order valence-electron chi connectivity index (χ0n) is 12.1. The minimum atomic E-state index is -0.532. The molecule has 2 aromatic rings. The highest BCUT2D eigenvalue weighted by Gasteiger charge is 2.18. The van der Waals surface area contributed by atoms with E-state index in [0.717, 1.165) is 5.56 Å². The molecule has 0 aliphatic carbocycles. The maximum Gasteiger partial charge on any atom is 0.265 e. The first-order valence-electron chi connectivity index (χ1n) is 6.39. The van der Waals surface area contributed by atoms with E-state index >= 15 is 0 Å². The van der Waals surface area contributed by atoms with E-state index in [-0.39, 0.29) is 30.3 Å². The van der Waals surface area contributed by atoms with Crippen LogP contribution >= 0.6 is 23.7 Å². The Morgan fingerprint density at radius 2 is 2.09 bits per heavy atom. The van der Waals surface area contributed by atoms with E-state index in [1.165, 1.54) is 11.3 Å². The summed E-state index contributed by atoms with van der Waals surface area (Å²) in [5.41, 5.74) is 12.6. The number of primary amides is 1.